The van der Waals surface area contributed by atoms with Crippen molar-refractivity contribution in [3.8, 4) is 0 Å². The summed E-state index contributed by atoms with van der Waals surface area (Å²) in [5.74, 6) is 1.74. The minimum absolute atomic E-state index is 0. The first kappa shape index (κ1) is 14.9. The molecule has 2 aliphatic rings. The Morgan fingerprint density at radius 2 is 2.19 bits per heavy atom. The number of rotatable bonds is 2. The molecule has 2 rings (SSSR count). The van der Waals surface area contributed by atoms with Crippen LogP contribution in [0.5, 0.6) is 0 Å². The van der Waals surface area contributed by atoms with Crippen molar-refractivity contribution >= 4 is 0 Å². The zero-order chi connectivity index (χ0) is 11.1. The molecule has 0 spiro atoms. The van der Waals surface area contributed by atoms with Gasteiger partial charge in [-0.3, -0.25) is 5.57 Å². The van der Waals surface area contributed by atoms with Crippen LogP contribution in [0.3, 0.4) is 0 Å². The van der Waals surface area contributed by atoms with E-state index in [9.17, 15) is 5.11 Å². The zero-order valence-corrected chi connectivity index (χ0v) is 13.4. The number of hydrogen-bond acceptors (Lipinski definition) is 1. The average Bonchev–Trinajstić information content (AvgIpc) is 2.56. The molecule has 2 heteroatoms. The summed E-state index contributed by atoms with van der Waals surface area (Å²) in [5, 5.41) is 9.33. The fraction of sp³-hybridized carbons (Fsp3) is 0.857. The Hall–Kier alpha value is 0.804. The zero-order valence-electron chi connectivity index (χ0n) is 10.6. The van der Waals surface area contributed by atoms with E-state index in [1.807, 2.05) is 0 Å². The number of hydrogen-bond donors (Lipinski definition) is 1. The molecule has 2 fully saturated rings. The van der Waals surface area contributed by atoms with Crippen molar-refractivity contribution < 1.29 is 37.8 Å². The van der Waals surface area contributed by atoms with Crippen molar-refractivity contribution in [2.45, 2.75) is 46.0 Å². The van der Waals surface area contributed by atoms with Crippen LogP contribution in [0.2, 0.25) is 0 Å². The predicted octanol–water partition coefficient (Wildman–Crippen LogP) is 3.19. The smallest absolute Gasteiger partial charge is 0.0459 e. The van der Waals surface area contributed by atoms with E-state index in [2.05, 4.69) is 13.8 Å². The summed E-state index contributed by atoms with van der Waals surface area (Å²) in [6, 6.07) is 0. The van der Waals surface area contributed by atoms with Crippen molar-refractivity contribution in [1.29, 1.82) is 0 Å². The SMILES string of the molecule is [CH-]=C1CCC[C@@]2(C)C1CC[C@@H]2[C@@H](C)CO.[Y]. The first-order valence-corrected chi connectivity index (χ1v) is 6.31. The maximum absolute atomic E-state index is 9.33. The average molecular weight is 296 g/mol. The Kier molecular flexibility index (Phi) is 5.23. The van der Waals surface area contributed by atoms with Gasteiger partial charge in [-0.1, -0.05) is 26.7 Å². The molecule has 0 aromatic heterocycles. The summed E-state index contributed by atoms with van der Waals surface area (Å²) in [5.41, 5.74) is 1.61. The quantitative estimate of drug-likeness (QED) is 0.776. The van der Waals surface area contributed by atoms with Gasteiger partial charge in [0.05, 0.1) is 0 Å². The van der Waals surface area contributed by atoms with E-state index in [-0.39, 0.29) is 32.7 Å². The molecule has 0 aromatic rings. The van der Waals surface area contributed by atoms with Crippen molar-refractivity contribution in [2.24, 2.45) is 23.2 Å². The standard InChI is InChI=1S/C14H23O.Y/c1-10-5-4-8-14(3)12(10)6-7-13(14)11(2)9-15;/h1,11-13,15H,4-9H2,2-3H3;/q-1;/t11-,12?,13+,14-;/m0./s1. The van der Waals surface area contributed by atoms with E-state index in [0.717, 1.165) is 6.42 Å². The third kappa shape index (κ3) is 2.33. The molecule has 0 heterocycles. The van der Waals surface area contributed by atoms with Crippen molar-refractivity contribution in [3.63, 3.8) is 0 Å². The van der Waals surface area contributed by atoms with Gasteiger partial charge in [0.2, 0.25) is 0 Å². The second-order valence-corrected chi connectivity index (χ2v) is 5.83. The third-order valence-electron chi connectivity index (χ3n) is 5.01. The second-order valence-electron chi connectivity index (χ2n) is 5.83. The fourth-order valence-electron chi connectivity index (χ4n) is 4.14. The van der Waals surface area contributed by atoms with Gasteiger partial charge in [0, 0.05) is 39.3 Å². The summed E-state index contributed by atoms with van der Waals surface area (Å²) in [4.78, 5) is 0. The van der Waals surface area contributed by atoms with Gasteiger partial charge >= 0.3 is 0 Å². The van der Waals surface area contributed by atoms with E-state index >= 15 is 0 Å². The van der Waals surface area contributed by atoms with Gasteiger partial charge in [0.25, 0.3) is 0 Å². The molecule has 0 bridgehead atoms. The number of fused-ring (bicyclic) bond motifs is 1. The van der Waals surface area contributed by atoms with E-state index in [1.54, 1.807) is 0 Å². The van der Waals surface area contributed by atoms with Gasteiger partial charge in [-0.25, -0.2) is 0 Å². The van der Waals surface area contributed by atoms with Gasteiger partial charge in [0.15, 0.2) is 0 Å². The Bertz CT molecular complexity index is 263. The Morgan fingerprint density at radius 1 is 1.50 bits per heavy atom. The molecule has 2 aliphatic carbocycles. The Labute approximate surface area is 125 Å². The summed E-state index contributed by atoms with van der Waals surface area (Å²) in [7, 11) is 0. The monoisotopic (exact) mass is 296 g/mol. The van der Waals surface area contributed by atoms with Crippen LogP contribution in [0.25, 0.3) is 0 Å². The summed E-state index contributed by atoms with van der Waals surface area (Å²) in [6.07, 6.45) is 6.17. The Morgan fingerprint density at radius 3 is 2.81 bits per heavy atom. The second kappa shape index (κ2) is 5.63. The summed E-state index contributed by atoms with van der Waals surface area (Å²) < 4.78 is 0. The van der Waals surface area contributed by atoms with Gasteiger partial charge in [0.1, 0.15) is 0 Å². The van der Waals surface area contributed by atoms with Crippen LogP contribution in [0, 0.1) is 29.7 Å². The van der Waals surface area contributed by atoms with Crippen LogP contribution in [0.4, 0.5) is 0 Å². The van der Waals surface area contributed by atoms with Crippen molar-refractivity contribution in [2.75, 3.05) is 6.61 Å². The molecule has 16 heavy (non-hydrogen) atoms. The molecule has 1 N–H and O–H groups in total. The molecular weight excluding hydrogens is 273 g/mol. The minimum Gasteiger partial charge on any atom is -0.514 e. The van der Waals surface area contributed by atoms with Gasteiger partial charge in [-0.2, -0.15) is 0 Å². The Balaban J connectivity index is 0.00000128. The number of aliphatic hydroxyl groups excluding tert-OH is 1. The first-order chi connectivity index (χ1) is 7.09. The van der Waals surface area contributed by atoms with Crippen molar-refractivity contribution in [1.82, 2.24) is 0 Å². The molecule has 0 aliphatic heterocycles. The minimum atomic E-state index is 0. The molecule has 4 atom stereocenters. The fourth-order valence-corrected chi connectivity index (χ4v) is 4.14. The summed E-state index contributed by atoms with van der Waals surface area (Å²) in [6.45, 7) is 11.1. The first-order valence-electron chi connectivity index (χ1n) is 6.31. The maximum Gasteiger partial charge on any atom is 0.0459 e. The van der Waals surface area contributed by atoms with Crippen LogP contribution in [0.15, 0.2) is 5.57 Å². The van der Waals surface area contributed by atoms with E-state index in [1.165, 1.54) is 31.3 Å². The molecule has 89 valence electrons. The molecule has 1 radical (unpaired) electrons. The van der Waals surface area contributed by atoms with Gasteiger partial charge < -0.3 is 11.7 Å². The molecule has 1 unspecified atom stereocenters. The van der Waals surface area contributed by atoms with Crippen LogP contribution in [-0.2, 0) is 32.7 Å². The predicted molar refractivity (Wildman–Crippen MR) is 62.2 cm³/mol. The molecule has 1 nitrogen and oxygen atoms in total. The number of aliphatic hydroxyl groups is 1. The molecule has 2 saturated carbocycles. The topological polar surface area (TPSA) is 20.2 Å². The third-order valence-corrected chi connectivity index (χ3v) is 5.01. The van der Waals surface area contributed by atoms with E-state index < -0.39 is 0 Å². The largest absolute Gasteiger partial charge is 0.514 e. The summed E-state index contributed by atoms with van der Waals surface area (Å²) >= 11 is 0. The van der Waals surface area contributed by atoms with Gasteiger partial charge in [-0.15, -0.1) is 0 Å². The van der Waals surface area contributed by atoms with Crippen LogP contribution in [0.1, 0.15) is 46.0 Å². The normalized spacial score (nSPS) is 40.1. The van der Waals surface area contributed by atoms with Crippen molar-refractivity contribution in [3.05, 3.63) is 12.2 Å². The van der Waals surface area contributed by atoms with E-state index in [4.69, 9.17) is 6.58 Å². The molecular formula is C14H23OY-. The molecule has 0 aromatic carbocycles. The maximum atomic E-state index is 9.33. The number of allylic oxidation sites excluding steroid dienone is 1. The van der Waals surface area contributed by atoms with E-state index in [0.29, 0.717) is 29.8 Å². The van der Waals surface area contributed by atoms with Crippen LogP contribution in [-0.4, -0.2) is 11.7 Å². The molecule has 0 amide bonds. The van der Waals surface area contributed by atoms with Gasteiger partial charge in [-0.05, 0) is 42.4 Å². The van der Waals surface area contributed by atoms with Crippen LogP contribution >= 0.6 is 0 Å². The molecule has 0 saturated heterocycles. The van der Waals surface area contributed by atoms with Crippen LogP contribution < -0.4 is 0 Å².